The largest absolute Gasteiger partial charge is 0.460 e. The molecule has 0 spiro atoms. The molecule has 0 radical (unpaired) electrons. The lowest BCUT2D eigenvalue weighted by atomic mass is 10.0. The minimum atomic E-state index is -1.03. The monoisotopic (exact) mass is 751 g/mol. The molecule has 1 aliphatic rings. The summed E-state index contributed by atoms with van der Waals surface area (Å²) in [6.07, 6.45) is 1.30. The smallest absolute Gasteiger partial charge is 0.306 e. The number of fused-ring (bicyclic) bond motifs is 1. The number of nitro groups is 1. The lowest BCUT2D eigenvalue weighted by Gasteiger charge is -2.31. The van der Waals surface area contributed by atoms with Crippen LogP contribution in [-0.4, -0.2) is 46.3 Å². The van der Waals surface area contributed by atoms with Crippen LogP contribution in [0.25, 0.3) is 0 Å². The van der Waals surface area contributed by atoms with Gasteiger partial charge in [0.1, 0.15) is 11.6 Å². The Hall–Kier alpha value is -3.22. The van der Waals surface area contributed by atoms with Crippen LogP contribution in [0, 0.1) is 13.7 Å². The molecule has 0 fully saturated rings. The number of halogens is 3. The number of anilines is 1. The molecule has 1 unspecified atom stereocenters. The van der Waals surface area contributed by atoms with E-state index in [0.717, 1.165) is 3.57 Å². The number of amides is 2. The highest BCUT2D eigenvalue weighted by atomic mass is 127. The van der Waals surface area contributed by atoms with Crippen LogP contribution in [0.15, 0.2) is 60.7 Å². The number of nitrogens with zero attached hydrogens (tertiary/aromatic N) is 3. The van der Waals surface area contributed by atoms with E-state index in [2.05, 4.69) is 22.6 Å². The number of carbonyl (C=O) groups excluding carboxylic acids is 3. The number of esters is 1. The first kappa shape index (κ1) is 33.7. The van der Waals surface area contributed by atoms with Gasteiger partial charge in [-0.3, -0.25) is 24.5 Å². The van der Waals surface area contributed by atoms with Crippen molar-refractivity contribution in [1.82, 2.24) is 4.90 Å². The number of hydrogen-bond acceptors (Lipinski definition) is 6. The minimum Gasteiger partial charge on any atom is -0.460 e. The number of rotatable bonds is 10. The summed E-state index contributed by atoms with van der Waals surface area (Å²) >= 11 is 14.3. The number of hydrogen-bond donors (Lipinski definition) is 0. The lowest BCUT2D eigenvalue weighted by Crippen LogP contribution is -2.43. The van der Waals surface area contributed by atoms with E-state index in [9.17, 15) is 24.5 Å². The third kappa shape index (κ3) is 8.28. The Balaban J connectivity index is 1.70. The average Bonchev–Trinajstić information content (AvgIpc) is 3.02. The number of unbranched alkanes of at least 4 members (excludes halogenated alkanes) is 1. The number of carbonyl (C=O) groups is 3. The van der Waals surface area contributed by atoms with Gasteiger partial charge in [0.15, 0.2) is 0 Å². The van der Waals surface area contributed by atoms with Crippen LogP contribution < -0.4 is 4.90 Å². The topological polar surface area (TPSA) is 110 Å². The van der Waals surface area contributed by atoms with Gasteiger partial charge in [-0.05, 0) is 105 Å². The van der Waals surface area contributed by atoms with E-state index in [0.29, 0.717) is 40.2 Å². The van der Waals surface area contributed by atoms with Gasteiger partial charge in [0.25, 0.3) is 17.5 Å². The molecule has 0 saturated carbocycles. The van der Waals surface area contributed by atoms with E-state index in [-0.39, 0.29) is 54.4 Å². The molecule has 44 heavy (non-hydrogen) atoms. The fraction of sp³-hybridized carbons (Fsp3) is 0.344. The Bertz CT molecular complexity index is 1580. The van der Waals surface area contributed by atoms with E-state index in [4.69, 9.17) is 27.9 Å². The molecule has 2 amide bonds. The van der Waals surface area contributed by atoms with Crippen LogP contribution in [0.2, 0.25) is 10.0 Å². The maximum Gasteiger partial charge on any atom is 0.306 e. The molecule has 3 aromatic rings. The summed E-state index contributed by atoms with van der Waals surface area (Å²) in [4.78, 5) is 55.3. The molecule has 1 aliphatic heterocycles. The predicted molar refractivity (Wildman–Crippen MR) is 178 cm³/mol. The Morgan fingerprint density at radius 2 is 1.66 bits per heavy atom. The van der Waals surface area contributed by atoms with Crippen molar-refractivity contribution >= 4 is 75.0 Å². The quantitative estimate of drug-likeness (QED) is 0.0688. The van der Waals surface area contributed by atoms with E-state index in [1.807, 2.05) is 26.8 Å². The van der Waals surface area contributed by atoms with Gasteiger partial charge in [-0.2, -0.15) is 0 Å². The summed E-state index contributed by atoms with van der Waals surface area (Å²) in [6, 6.07) is 15.4. The van der Waals surface area contributed by atoms with Crippen molar-refractivity contribution in [3.63, 3.8) is 0 Å². The summed E-state index contributed by atoms with van der Waals surface area (Å²) in [5, 5.41) is 12.5. The molecule has 4 rings (SSSR count). The van der Waals surface area contributed by atoms with Crippen molar-refractivity contribution in [3.05, 3.63) is 101 Å². The number of ether oxygens (including phenoxy) is 1. The van der Waals surface area contributed by atoms with Gasteiger partial charge in [0, 0.05) is 44.8 Å². The highest BCUT2D eigenvalue weighted by molar-refractivity contribution is 14.1. The van der Waals surface area contributed by atoms with Crippen LogP contribution in [0.3, 0.4) is 0 Å². The zero-order valence-electron chi connectivity index (χ0n) is 24.5. The Labute approximate surface area is 279 Å². The van der Waals surface area contributed by atoms with Gasteiger partial charge in [0.2, 0.25) is 0 Å². The van der Waals surface area contributed by atoms with Gasteiger partial charge < -0.3 is 14.5 Å². The van der Waals surface area contributed by atoms with Gasteiger partial charge in [-0.15, -0.1) is 0 Å². The molecule has 232 valence electrons. The summed E-state index contributed by atoms with van der Waals surface area (Å²) in [6.45, 7) is 5.72. The molecule has 9 nitrogen and oxygen atoms in total. The average molecular weight is 752 g/mol. The first-order valence-corrected chi connectivity index (χ1v) is 15.9. The maximum atomic E-state index is 14.5. The van der Waals surface area contributed by atoms with E-state index >= 15 is 0 Å². The fourth-order valence-electron chi connectivity index (χ4n) is 5.11. The Morgan fingerprint density at radius 3 is 2.32 bits per heavy atom. The van der Waals surface area contributed by atoms with Crippen LogP contribution in [-0.2, 0) is 20.7 Å². The van der Waals surface area contributed by atoms with Crippen molar-refractivity contribution in [3.8, 4) is 0 Å². The zero-order chi connectivity index (χ0) is 32.2. The van der Waals surface area contributed by atoms with Crippen molar-refractivity contribution < 1.29 is 24.0 Å². The summed E-state index contributed by atoms with van der Waals surface area (Å²) < 4.78 is 6.22. The van der Waals surface area contributed by atoms with E-state index < -0.39 is 16.6 Å². The SMILES string of the molecule is CC(C)(C)OC(=O)CCCCN1C(=O)C(c2ccc(Cl)cc2)N(CCc2ccc(Cl)cc2[N+](=O)[O-])C(=O)c2cc(I)ccc21. The van der Waals surface area contributed by atoms with E-state index in [1.54, 1.807) is 53.4 Å². The van der Waals surface area contributed by atoms with Crippen LogP contribution >= 0.6 is 45.8 Å². The number of benzene rings is 3. The molecule has 12 heteroatoms. The molecular formula is C32H32Cl2IN3O6. The summed E-state index contributed by atoms with van der Waals surface area (Å²) in [5.41, 5.74) is 1.02. The molecule has 0 bridgehead atoms. The van der Waals surface area contributed by atoms with Crippen LogP contribution in [0.1, 0.15) is 67.6 Å². The van der Waals surface area contributed by atoms with Crippen molar-refractivity contribution in [2.24, 2.45) is 0 Å². The summed E-state index contributed by atoms with van der Waals surface area (Å²) in [5.74, 6) is -1.02. The molecule has 1 atom stereocenters. The van der Waals surface area contributed by atoms with Gasteiger partial charge in [-0.25, -0.2) is 0 Å². The molecule has 0 aliphatic carbocycles. The highest BCUT2D eigenvalue weighted by Crippen LogP contribution is 2.37. The molecule has 1 heterocycles. The van der Waals surface area contributed by atoms with Crippen molar-refractivity contribution in [2.45, 2.75) is 58.1 Å². The molecule has 0 aromatic heterocycles. The highest BCUT2D eigenvalue weighted by Gasteiger charge is 2.40. The predicted octanol–water partition coefficient (Wildman–Crippen LogP) is 7.79. The summed E-state index contributed by atoms with van der Waals surface area (Å²) in [7, 11) is 0. The third-order valence-corrected chi connectivity index (χ3v) is 8.19. The van der Waals surface area contributed by atoms with Gasteiger partial charge >= 0.3 is 5.97 Å². The van der Waals surface area contributed by atoms with Gasteiger partial charge in [-0.1, -0.05) is 41.4 Å². The second-order valence-electron chi connectivity index (χ2n) is 11.4. The first-order valence-electron chi connectivity index (χ1n) is 14.1. The zero-order valence-corrected chi connectivity index (χ0v) is 28.2. The molecular weight excluding hydrogens is 720 g/mol. The standard InChI is InChI=1S/C32H32Cl2IN3O6/c1-32(2,3)44-28(39)6-4-5-16-36-26-14-13-24(35)19-25(26)30(40)37(29(31(36)41)21-8-10-22(33)11-9-21)17-15-20-7-12-23(34)18-27(20)38(42)43/h7-14,18-19,29H,4-6,15-17H2,1-3H3. The molecule has 0 N–H and O–H groups in total. The maximum absolute atomic E-state index is 14.5. The van der Waals surface area contributed by atoms with E-state index in [1.165, 1.54) is 11.0 Å². The second-order valence-corrected chi connectivity index (χ2v) is 13.5. The third-order valence-electron chi connectivity index (χ3n) is 7.04. The van der Waals surface area contributed by atoms with Crippen LogP contribution in [0.4, 0.5) is 11.4 Å². The van der Waals surface area contributed by atoms with Gasteiger partial charge in [0.05, 0.1) is 16.2 Å². The lowest BCUT2D eigenvalue weighted by molar-refractivity contribution is -0.385. The molecule has 3 aromatic carbocycles. The first-order chi connectivity index (χ1) is 20.7. The minimum absolute atomic E-state index is 0.0255. The Kier molecular flexibility index (Phi) is 10.9. The normalized spacial score (nSPS) is 15.2. The number of nitro benzene ring substituents is 1. The molecule has 0 saturated heterocycles. The second kappa shape index (κ2) is 14.3. The Morgan fingerprint density at radius 1 is 0.977 bits per heavy atom. The van der Waals surface area contributed by atoms with Crippen molar-refractivity contribution in [1.29, 1.82) is 0 Å². The fourth-order valence-corrected chi connectivity index (χ4v) is 5.89. The van der Waals surface area contributed by atoms with Crippen molar-refractivity contribution in [2.75, 3.05) is 18.0 Å². The van der Waals surface area contributed by atoms with Crippen LogP contribution in [0.5, 0.6) is 0 Å².